The van der Waals surface area contributed by atoms with Crippen molar-refractivity contribution in [3.05, 3.63) is 0 Å². The molecule has 0 aliphatic heterocycles. The van der Waals surface area contributed by atoms with Crippen LogP contribution >= 0.6 is 0 Å². The third-order valence-electron chi connectivity index (χ3n) is 4.50. The zero-order chi connectivity index (χ0) is 14.3. The molecule has 0 aromatic rings. The highest BCUT2D eigenvalue weighted by atomic mass is 16.5. The summed E-state index contributed by atoms with van der Waals surface area (Å²) in [6.07, 6.45) is 8.32. The molecule has 1 aliphatic rings. The Bertz CT molecular complexity index is 234. The minimum absolute atomic E-state index is 0.272. The van der Waals surface area contributed by atoms with E-state index in [1.54, 1.807) is 0 Å². The minimum Gasteiger partial charge on any atom is -0.377 e. The van der Waals surface area contributed by atoms with Gasteiger partial charge in [0.15, 0.2) is 0 Å². The summed E-state index contributed by atoms with van der Waals surface area (Å²) in [5.74, 6) is 0.899. The molecule has 1 saturated carbocycles. The molecule has 0 heterocycles. The van der Waals surface area contributed by atoms with Crippen molar-refractivity contribution in [3.63, 3.8) is 0 Å². The second-order valence-corrected chi connectivity index (χ2v) is 7.27. The van der Waals surface area contributed by atoms with Crippen molar-refractivity contribution in [1.29, 1.82) is 0 Å². The van der Waals surface area contributed by atoms with Crippen molar-refractivity contribution in [2.75, 3.05) is 13.2 Å². The minimum atomic E-state index is 0.272. The van der Waals surface area contributed by atoms with Gasteiger partial charge in [-0.3, -0.25) is 0 Å². The van der Waals surface area contributed by atoms with Gasteiger partial charge in [0.25, 0.3) is 0 Å². The fourth-order valence-electron chi connectivity index (χ4n) is 2.93. The molecule has 3 atom stereocenters. The van der Waals surface area contributed by atoms with Gasteiger partial charge in [0.05, 0.1) is 12.7 Å². The maximum atomic E-state index is 6.24. The van der Waals surface area contributed by atoms with Crippen LogP contribution in [0.1, 0.15) is 73.1 Å². The normalized spacial score (nSPS) is 26.4. The Hall–Kier alpha value is -0.0800. The zero-order valence-electron chi connectivity index (χ0n) is 13.8. The molecule has 0 bridgehead atoms. The number of nitrogens with one attached hydrogen (secondary N) is 1. The van der Waals surface area contributed by atoms with Crippen LogP contribution in [0, 0.1) is 11.3 Å². The summed E-state index contributed by atoms with van der Waals surface area (Å²) in [6.45, 7) is 13.4. The van der Waals surface area contributed by atoms with Crippen molar-refractivity contribution in [1.82, 2.24) is 5.32 Å². The second kappa shape index (κ2) is 8.26. The number of hydrogen-bond acceptors (Lipinski definition) is 2. The lowest BCUT2D eigenvalue weighted by atomic mass is 9.85. The van der Waals surface area contributed by atoms with E-state index >= 15 is 0 Å². The zero-order valence-corrected chi connectivity index (χ0v) is 13.8. The van der Waals surface area contributed by atoms with Gasteiger partial charge in [-0.1, -0.05) is 53.9 Å². The van der Waals surface area contributed by atoms with Crippen molar-refractivity contribution >= 4 is 0 Å². The molecule has 2 heteroatoms. The molecule has 2 nitrogen and oxygen atoms in total. The van der Waals surface area contributed by atoms with E-state index < -0.39 is 0 Å². The van der Waals surface area contributed by atoms with Crippen LogP contribution in [0.5, 0.6) is 0 Å². The van der Waals surface area contributed by atoms with Crippen molar-refractivity contribution in [2.45, 2.75) is 85.3 Å². The van der Waals surface area contributed by atoms with Gasteiger partial charge in [0.2, 0.25) is 0 Å². The van der Waals surface area contributed by atoms with Crippen molar-refractivity contribution in [2.24, 2.45) is 11.3 Å². The van der Waals surface area contributed by atoms with Crippen LogP contribution in [0.15, 0.2) is 0 Å². The third kappa shape index (κ3) is 6.27. The molecule has 0 spiro atoms. The van der Waals surface area contributed by atoms with Gasteiger partial charge in [0, 0.05) is 6.04 Å². The molecule has 0 amide bonds. The Morgan fingerprint density at radius 2 is 1.95 bits per heavy atom. The van der Waals surface area contributed by atoms with E-state index in [4.69, 9.17) is 4.74 Å². The molecule has 0 radical (unpaired) electrons. The van der Waals surface area contributed by atoms with Gasteiger partial charge in [-0.05, 0) is 37.1 Å². The Morgan fingerprint density at radius 3 is 2.53 bits per heavy atom. The predicted molar refractivity (Wildman–Crippen MR) is 83.5 cm³/mol. The van der Waals surface area contributed by atoms with Gasteiger partial charge in [0.1, 0.15) is 0 Å². The fourth-order valence-corrected chi connectivity index (χ4v) is 2.93. The maximum Gasteiger partial charge on any atom is 0.0628 e. The van der Waals surface area contributed by atoms with Crippen LogP contribution in [-0.2, 0) is 4.74 Å². The van der Waals surface area contributed by atoms with Gasteiger partial charge in [-0.2, -0.15) is 0 Å². The first kappa shape index (κ1) is 17.0. The largest absolute Gasteiger partial charge is 0.377 e. The lowest BCUT2D eigenvalue weighted by Crippen LogP contribution is -2.45. The van der Waals surface area contributed by atoms with Crippen LogP contribution in [0.4, 0.5) is 0 Å². The van der Waals surface area contributed by atoms with Crippen LogP contribution in [-0.4, -0.2) is 25.3 Å². The summed E-state index contributed by atoms with van der Waals surface area (Å²) in [5, 5.41) is 3.65. The molecule has 1 fully saturated rings. The second-order valence-electron chi connectivity index (χ2n) is 7.27. The summed E-state index contributed by atoms with van der Waals surface area (Å²) < 4.78 is 6.24. The van der Waals surface area contributed by atoms with E-state index in [0.717, 1.165) is 19.1 Å². The first-order valence-electron chi connectivity index (χ1n) is 8.32. The monoisotopic (exact) mass is 269 g/mol. The van der Waals surface area contributed by atoms with E-state index in [-0.39, 0.29) is 5.41 Å². The predicted octanol–water partition coefficient (Wildman–Crippen LogP) is 4.39. The molecule has 1 N–H and O–H groups in total. The lowest BCUT2D eigenvalue weighted by Gasteiger charge is -2.35. The summed E-state index contributed by atoms with van der Waals surface area (Å²) in [7, 11) is 0. The topological polar surface area (TPSA) is 21.3 Å². The van der Waals surface area contributed by atoms with E-state index in [2.05, 4.69) is 39.9 Å². The van der Waals surface area contributed by atoms with Crippen molar-refractivity contribution in [3.8, 4) is 0 Å². The van der Waals surface area contributed by atoms with Gasteiger partial charge in [-0.25, -0.2) is 0 Å². The Balaban J connectivity index is 2.38. The average Bonchev–Trinajstić information content (AvgIpc) is 2.37. The van der Waals surface area contributed by atoms with E-state index in [9.17, 15) is 0 Å². The molecule has 0 saturated heterocycles. The number of hydrogen-bond donors (Lipinski definition) is 1. The highest BCUT2D eigenvalue weighted by Gasteiger charge is 2.27. The summed E-state index contributed by atoms with van der Waals surface area (Å²) in [5.41, 5.74) is 0.272. The van der Waals surface area contributed by atoms with Gasteiger partial charge in [-0.15, -0.1) is 0 Å². The lowest BCUT2D eigenvalue weighted by molar-refractivity contribution is -0.0133. The van der Waals surface area contributed by atoms with E-state index in [0.29, 0.717) is 12.1 Å². The third-order valence-corrected chi connectivity index (χ3v) is 4.50. The smallest absolute Gasteiger partial charge is 0.0628 e. The summed E-state index contributed by atoms with van der Waals surface area (Å²) in [6, 6.07) is 0.467. The van der Waals surface area contributed by atoms with Crippen LogP contribution in [0.2, 0.25) is 0 Å². The molecule has 0 aromatic carbocycles. The highest BCUT2D eigenvalue weighted by Crippen LogP contribution is 2.29. The maximum absolute atomic E-state index is 6.24. The first-order chi connectivity index (χ1) is 8.97. The summed E-state index contributed by atoms with van der Waals surface area (Å²) >= 11 is 0. The van der Waals surface area contributed by atoms with Gasteiger partial charge < -0.3 is 10.1 Å². The molecule has 3 unspecified atom stereocenters. The van der Waals surface area contributed by atoms with Crippen LogP contribution < -0.4 is 5.32 Å². The Morgan fingerprint density at radius 1 is 1.21 bits per heavy atom. The molecular weight excluding hydrogens is 234 g/mol. The SMILES string of the molecule is CCCNC(COC1CCCC(CC)C1)C(C)(C)C. The average molecular weight is 269 g/mol. The summed E-state index contributed by atoms with van der Waals surface area (Å²) in [4.78, 5) is 0. The highest BCUT2D eigenvalue weighted by molar-refractivity contribution is 4.81. The van der Waals surface area contributed by atoms with E-state index in [1.807, 2.05) is 0 Å². The van der Waals surface area contributed by atoms with Crippen LogP contribution in [0.3, 0.4) is 0 Å². The molecule has 0 aromatic heterocycles. The fraction of sp³-hybridized carbons (Fsp3) is 1.00. The van der Waals surface area contributed by atoms with Crippen LogP contribution in [0.25, 0.3) is 0 Å². The van der Waals surface area contributed by atoms with Gasteiger partial charge >= 0.3 is 0 Å². The quantitative estimate of drug-likeness (QED) is 0.740. The standard InChI is InChI=1S/C17H35NO/c1-6-11-18-16(17(3,4)5)13-19-15-10-8-9-14(7-2)12-15/h14-16,18H,6-13H2,1-5H3. The number of ether oxygens (including phenoxy) is 1. The Labute approximate surface area is 120 Å². The molecular formula is C17H35NO. The Kier molecular flexibility index (Phi) is 7.38. The molecule has 1 rings (SSSR count). The molecule has 1 aliphatic carbocycles. The van der Waals surface area contributed by atoms with E-state index in [1.165, 1.54) is 38.5 Å². The molecule has 114 valence electrons. The molecule has 19 heavy (non-hydrogen) atoms. The van der Waals surface area contributed by atoms with Crippen molar-refractivity contribution < 1.29 is 4.74 Å². The number of rotatable bonds is 7. The first-order valence-corrected chi connectivity index (χ1v) is 8.32.